The van der Waals surface area contributed by atoms with E-state index in [9.17, 15) is 5.11 Å². The molecule has 0 aliphatic heterocycles. The van der Waals surface area contributed by atoms with E-state index in [1.807, 2.05) is 13.0 Å². The largest absolute Gasteiger partial charge is 0.504 e. The van der Waals surface area contributed by atoms with Crippen LogP contribution in [0, 0.1) is 0 Å². The Balaban J connectivity index is 2.80. The molecule has 0 aliphatic rings. The average molecular weight is 163 g/mol. The van der Waals surface area contributed by atoms with Gasteiger partial charge in [0, 0.05) is 5.39 Å². The van der Waals surface area contributed by atoms with Gasteiger partial charge in [-0.3, -0.25) is 0 Å². The van der Waals surface area contributed by atoms with Crippen LogP contribution in [0.3, 0.4) is 0 Å². The summed E-state index contributed by atoms with van der Waals surface area (Å²) in [6.45, 7) is 2.00. The van der Waals surface area contributed by atoms with E-state index >= 15 is 0 Å². The number of fused-ring (bicyclic) bond motifs is 1. The molecule has 3 nitrogen and oxygen atoms in total. The summed E-state index contributed by atoms with van der Waals surface area (Å²) in [5, 5.41) is 14.1. The predicted molar refractivity (Wildman–Crippen MR) is 45.1 cm³/mol. The summed E-state index contributed by atoms with van der Waals surface area (Å²) in [6.07, 6.45) is 0.816. The van der Waals surface area contributed by atoms with Gasteiger partial charge in [0.15, 0.2) is 5.75 Å². The molecule has 1 aromatic heterocycles. The first kappa shape index (κ1) is 7.16. The Morgan fingerprint density at radius 2 is 2.33 bits per heavy atom. The Kier molecular flexibility index (Phi) is 1.50. The molecule has 0 unspecified atom stereocenters. The van der Waals surface area contributed by atoms with Crippen molar-refractivity contribution in [2.24, 2.45) is 0 Å². The van der Waals surface area contributed by atoms with E-state index in [1.165, 1.54) is 0 Å². The maximum atomic E-state index is 9.35. The number of hydrogen-bond donors (Lipinski definition) is 1. The lowest BCUT2D eigenvalue weighted by Gasteiger charge is -1.90. The summed E-state index contributed by atoms with van der Waals surface area (Å²) in [7, 11) is 0. The van der Waals surface area contributed by atoms with Crippen molar-refractivity contribution in [1.29, 1.82) is 0 Å². The molecule has 1 heterocycles. The highest BCUT2D eigenvalue weighted by atomic mass is 16.5. The van der Waals surface area contributed by atoms with Gasteiger partial charge in [0.25, 0.3) is 0 Å². The fraction of sp³-hybridized carbons (Fsp3) is 0.222. The molecule has 0 aliphatic carbocycles. The molecule has 1 N–H and O–H groups in total. The van der Waals surface area contributed by atoms with Crippen molar-refractivity contribution in [2.45, 2.75) is 13.3 Å². The molecule has 0 saturated heterocycles. The van der Waals surface area contributed by atoms with Crippen molar-refractivity contribution < 1.29 is 9.63 Å². The van der Waals surface area contributed by atoms with E-state index in [0.717, 1.165) is 17.5 Å². The molecule has 1 aromatic carbocycles. The SMILES string of the molecule is CCc1noc2c(O)cccc12. The fourth-order valence-electron chi connectivity index (χ4n) is 1.25. The monoisotopic (exact) mass is 163 g/mol. The third kappa shape index (κ3) is 0.863. The van der Waals surface area contributed by atoms with Gasteiger partial charge >= 0.3 is 0 Å². The summed E-state index contributed by atoms with van der Waals surface area (Å²) < 4.78 is 4.97. The van der Waals surface area contributed by atoms with Crippen molar-refractivity contribution in [3.05, 3.63) is 23.9 Å². The number of phenols is 1. The Hall–Kier alpha value is -1.51. The Bertz CT molecular complexity index is 406. The van der Waals surface area contributed by atoms with Gasteiger partial charge in [-0.1, -0.05) is 18.1 Å². The summed E-state index contributed by atoms with van der Waals surface area (Å²) in [5.74, 6) is 0.153. The minimum absolute atomic E-state index is 0.153. The number of hydrogen-bond acceptors (Lipinski definition) is 3. The first-order valence-electron chi connectivity index (χ1n) is 3.89. The van der Waals surface area contributed by atoms with Crippen LogP contribution in [0.4, 0.5) is 0 Å². The van der Waals surface area contributed by atoms with E-state index in [2.05, 4.69) is 5.16 Å². The van der Waals surface area contributed by atoms with Gasteiger partial charge in [-0.25, -0.2) is 0 Å². The average Bonchev–Trinajstić information content (AvgIpc) is 2.49. The number of aromatic nitrogens is 1. The number of para-hydroxylation sites is 1. The zero-order chi connectivity index (χ0) is 8.55. The molecule has 0 fully saturated rings. The highest BCUT2D eigenvalue weighted by molar-refractivity contribution is 5.84. The predicted octanol–water partition coefficient (Wildman–Crippen LogP) is 2.10. The molecule has 0 spiro atoms. The minimum atomic E-state index is 0.153. The molecular weight excluding hydrogens is 154 g/mol. The van der Waals surface area contributed by atoms with Crippen molar-refractivity contribution >= 4 is 11.0 Å². The molecule has 0 amide bonds. The lowest BCUT2D eigenvalue weighted by Crippen LogP contribution is -1.77. The van der Waals surface area contributed by atoms with Crippen LogP contribution in [-0.2, 0) is 6.42 Å². The van der Waals surface area contributed by atoms with E-state index in [1.54, 1.807) is 12.1 Å². The summed E-state index contributed by atoms with van der Waals surface area (Å²) in [6, 6.07) is 5.27. The van der Waals surface area contributed by atoms with Crippen LogP contribution < -0.4 is 0 Å². The van der Waals surface area contributed by atoms with Crippen LogP contribution >= 0.6 is 0 Å². The molecular formula is C9H9NO2. The number of phenolic OH excluding ortho intramolecular Hbond substituents is 1. The summed E-state index contributed by atoms with van der Waals surface area (Å²) in [5.41, 5.74) is 1.37. The normalized spacial score (nSPS) is 10.8. The van der Waals surface area contributed by atoms with Gasteiger partial charge in [0.05, 0.1) is 5.69 Å². The van der Waals surface area contributed by atoms with E-state index in [0.29, 0.717) is 5.58 Å². The minimum Gasteiger partial charge on any atom is -0.504 e. The van der Waals surface area contributed by atoms with Crippen LogP contribution in [-0.4, -0.2) is 10.3 Å². The molecule has 0 atom stereocenters. The lowest BCUT2D eigenvalue weighted by molar-refractivity contribution is 0.417. The van der Waals surface area contributed by atoms with Gasteiger partial charge in [0.1, 0.15) is 0 Å². The van der Waals surface area contributed by atoms with Gasteiger partial charge in [-0.15, -0.1) is 0 Å². The molecule has 12 heavy (non-hydrogen) atoms. The topological polar surface area (TPSA) is 46.3 Å². The van der Waals surface area contributed by atoms with Crippen LogP contribution in [0.25, 0.3) is 11.0 Å². The lowest BCUT2D eigenvalue weighted by atomic mass is 10.2. The van der Waals surface area contributed by atoms with Gasteiger partial charge in [-0.05, 0) is 18.6 Å². The van der Waals surface area contributed by atoms with Crippen molar-refractivity contribution in [3.8, 4) is 5.75 Å². The molecule has 2 aromatic rings. The summed E-state index contributed by atoms with van der Waals surface area (Å²) in [4.78, 5) is 0. The first-order valence-corrected chi connectivity index (χ1v) is 3.89. The maximum absolute atomic E-state index is 9.35. The standard InChI is InChI=1S/C9H9NO2/c1-2-7-6-4-3-5-8(11)9(6)12-10-7/h3-5,11H,2H2,1H3. The van der Waals surface area contributed by atoms with Gasteiger partial charge in [-0.2, -0.15) is 0 Å². The van der Waals surface area contributed by atoms with Crippen molar-refractivity contribution in [3.63, 3.8) is 0 Å². The first-order chi connectivity index (χ1) is 5.83. The van der Waals surface area contributed by atoms with Crippen LogP contribution in [0.5, 0.6) is 5.75 Å². The van der Waals surface area contributed by atoms with Gasteiger partial charge < -0.3 is 9.63 Å². The second-order valence-electron chi connectivity index (χ2n) is 2.64. The number of rotatable bonds is 1. The van der Waals surface area contributed by atoms with Crippen molar-refractivity contribution in [1.82, 2.24) is 5.16 Å². The third-order valence-corrected chi connectivity index (χ3v) is 1.89. The van der Waals surface area contributed by atoms with Crippen LogP contribution in [0.2, 0.25) is 0 Å². The number of benzene rings is 1. The summed E-state index contributed by atoms with van der Waals surface area (Å²) >= 11 is 0. The third-order valence-electron chi connectivity index (χ3n) is 1.89. The Morgan fingerprint density at radius 3 is 3.08 bits per heavy atom. The molecule has 0 radical (unpaired) electrons. The van der Waals surface area contributed by atoms with E-state index in [-0.39, 0.29) is 5.75 Å². The Labute approximate surface area is 69.6 Å². The zero-order valence-electron chi connectivity index (χ0n) is 6.74. The van der Waals surface area contributed by atoms with Crippen molar-refractivity contribution in [2.75, 3.05) is 0 Å². The number of aromatic hydroxyl groups is 1. The van der Waals surface area contributed by atoms with E-state index in [4.69, 9.17) is 4.52 Å². The number of nitrogens with zero attached hydrogens (tertiary/aromatic N) is 1. The van der Waals surface area contributed by atoms with Gasteiger partial charge in [0.2, 0.25) is 5.58 Å². The van der Waals surface area contributed by atoms with E-state index < -0.39 is 0 Å². The zero-order valence-corrected chi connectivity index (χ0v) is 6.74. The molecule has 62 valence electrons. The molecule has 0 bridgehead atoms. The number of aryl methyl sites for hydroxylation is 1. The Morgan fingerprint density at radius 1 is 1.50 bits per heavy atom. The highest BCUT2D eigenvalue weighted by Crippen LogP contribution is 2.26. The highest BCUT2D eigenvalue weighted by Gasteiger charge is 2.08. The molecule has 3 heteroatoms. The van der Waals surface area contributed by atoms with Crippen LogP contribution in [0.15, 0.2) is 22.7 Å². The van der Waals surface area contributed by atoms with Crippen LogP contribution in [0.1, 0.15) is 12.6 Å². The fourth-order valence-corrected chi connectivity index (χ4v) is 1.25. The second-order valence-corrected chi connectivity index (χ2v) is 2.64. The smallest absolute Gasteiger partial charge is 0.208 e. The second kappa shape index (κ2) is 2.52. The molecule has 2 rings (SSSR count). The molecule has 0 saturated carbocycles. The maximum Gasteiger partial charge on any atom is 0.208 e. The quantitative estimate of drug-likeness (QED) is 0.700.